The first kappa shape index (κ1) is 10.2. The molecule has 2 aliphatic heterocycles. The summed E-state index contributed by atoms with van der Waals surface area (Å²) < 4.78 is 5.51. The summed E-state index contributed by atoms with van der Waals surface area (Å²) in [6.07, 6.45) is 0. The van der Waals surface area contributed by atoms with Gasteiger partial charge in [0.1, 0.15) is 0 Å². The highest BCUT2D eigenvalue weighted by molar-refractivity contribution is 6.00. The normalized spacial score (nSPS) is 15.2. The van der Waals surface area contributed by atoms with Crippen LogP contribution in [0.15, 0.2) is 54.4 Å². The van der Waals surface area contributed by atoms with Crippen molar-refractivity contribution in [3.63, 3.8) is 0 Å². The lowest BCUT2D eigenvalue weighted by Gasteiger charge is -2.30. The van der Waals surface area contributed by atoms with E-state index in [2.05, 4.69) is 27.9 Å². The molecule has 2 aliphatic rings. The molecule has 0 N–H and O–H groups in total. The Morgan fingerprint density at radius 3 is 2.42 bits per heavy atom. The second-order valence-corrected chi connectivity index (χ2v) is 4.53. The SMILES string of the molecule is [C-]#[N+]C1=C2c3ccccc3-c3ccccc3N2CO1. The maximum Gasteiger partial charge on any atom is 0.366 e. The lowest BCUT2D eigenvalue weighted by molar-refractivity contribution is 0.257. The topological polar surface area (TPSA) is 16.8 Å². The van der Waals surface area contributed by atoms with Crippen molar-refractivity contribution in [2.24, 2.45) is 0 Å². The van der Waals surface area contributed by atoms with Gasteiger partial charge in [-0.05, 0) is 17.2 Å². The molecule has 0 aliphatic carbocycles. The van der Waals surface area contributed by atoms with Gasteiger partial charge >= 0.3 is 5.88 Å². The third-order valence-corrected chi connectivity index (χ3v) is 3.57. The zero-order chi connectivity index (χ0) is 12.8. The van der Waals surface area contributed by atoms with Gasteiger partial charge in [0.05, 0.1) is 18.0 Å². The van der Waals surface area contributed by atoms with Crippen LogP contribution in [0, 0.1) is 6.57 Å². The van der Waals surface area contributed by atoms with Gasteiger partial charge in [-0.3, -0.25) is 0 Å². The summed E-state index contributed by atoms with van der Waals surface area (Å²) in [4.78, 5) is 5.58. The fourth-order valence-electron chi connectivity index (χ4n) is 2.77. The molecule has 0 saturated heterocycles. The van der Waals surface area contributed by atoms with Gasteiger partial charge in [0.25, 0.3) is 0 Å². The monoisotopic (exact) mass is 246 g/mol. The predicted octanol–water partition coefficient (Wildman–Crippen LogP) is 3.71. The van der Waals surface area contributed by atoms with E-state index in [1.807, 2.05) is 30.3 Å². The average Bonchev–Trinajstić information content (AvgIpc) is 2.92. The predicted molar refractivity (Wildman–Crippen MR) is 73.8 cm³/mol. The molecule has 3 nitrogen and oxygen atoms in total. The lowest BCUT2D eigenvalue weighted by atomic mass is 9.92. The molecule has 2 heterocycles. The number of hydrogen-bond donors (Lipinski definition) is 0. The molecule has 0 amide bonds. The maximum atomic E-state index is 7.26. The van der Waals surface area contributed by atoms with E-state index in [4.69, 9.17) is 11.3 Å². The van der Waals surface area contributed by atoms with Gasteiger partial charge in [-0.1, -0.05) is 42.5 Å². The Morgan fingerprint density at radius 2 is 1.63 bits per heavy atom. The highest BCUT2D eigenvalue weighted by atomic mass is 16.5. The minimum absolute atomic E-state index is 0.391. The van der Waals surface area contributed by atoms with Crippen LogP contribution in [0.1, 0.15) is 5.56 Å². The van der Waals surface area contributed by atoms with Crippen LogP contribution in [-0.4, -0.2) is 6.73 Å². The van der Waals surface area contributed by atoms with E-state index < -0.39 is 0 Å². The van der Waals surface area contributed by atoms with Crippen molar-refractivity contribution in [1.29, 1.82) is 0 Å². The molecule has 0 saturated carbocycles. The van der Waals surface area contributed by atoms with Crippen molar-refractivity contribution in [3.8, 4) is 11.1 Å². The van der Waals surface area contributed by atoms with Crippen LogP contribution < -0.4 is 4.90 Å². The van der Waals surface area contributed by atoms with Crippen LogP contribution in [0.4, 0.5) is 5.69 Å². The standard InChI is InChI=1S/C16H10N2O/c1-17-16-15-13-8-3-2-6-11(13)12-7-4-5-9-14(12)18(15)10-19-16/h2-9H,10H2. The molecule has 3 heteroatoms. The smallest absolute Gasteiger partial charge is 0.366 e. The Morgan fingerprint density at radius 1 is 0.947 bits per heavy atom. The molecule has 90 valence electrons. The summed E-state index contributed by atoms with van der Waals surface area (Å²) in [5.74, 6) is 0.391. The van der Waals surface area contributed by atoms with Gasteiger partial charge in [-0.25, -0.2) is 0 Å². The van der Waals surface area contributed by atoms with Gasteiger partial charge in [-0.2, -0.15) is 4.85 Å². The van der Waals surface area contributed by atoms with Gasteiger partial charge in [0, 0.05) is 5.56 Å². The molecule has 2 aromatic rings. The van der Waals surface area contributed by atoms with Gasteiger partial charge < -0.3 is 9.64 Å². The molecule has 2 aromatic carbocycles. The number of benzene rings is 2. The maximum absolute atomic E-state index is 7.26. The number of nitrogens with zero attached hydrogens (tertiary/aromatic N) is 2. The van der Waals surface area contributed by atoms with Crippen molar-refractivity contribution in [1.82, 2.24) is 0 Å². The summed E-state index contributed by atoms with van der Waals surface area (Å²) in [7, 11) is 0. The molecule has 0 radical (unpaired) electrons. The number of para-hydroxylation sites is 1. The Labute approximate surface area is 111 Å². The molecule has 19 heavy (non-hydrogen) atoms. The summed E-state index contributed by atoms with van der Waals surface area (Å²) in [6.45, 7) is 7.68. The van der Waals surface area contributed by atoms with Crippen molar-refractivity contribution >= 4 is 11.4 Å². The first-order chi connectivity index (χ1) is 9.40. The first-order valence-corrected chi connectivity index (χ1v) is 6.11. The molecule has 0 bridgehead atoms. The molecule has 0 spiro atoms. The number of ether oxygens (including phenoxy) is 1. The van der Waals surface area contributed by atoms with Gasteiger partial charge in [0.15, 0.2) is 6.73 Å². The van der Waals surface area contributed by atoms with Crippen molar-refractivity contribution in [3.05, 3.63) is 71.4 Å². The quantitative estimate of drug-likeness (QED) is 0.659. The number of anilines is 1. The van der Waals surface area contributed by atoms with Crippen LogP contribution in [0.2, 0.25) is 0 Å². The van der Waals surface area contributed by atoms with E-state index in [0.717, 1.165) is 22.5 Å². The Hall–Kier alpha value is -2.73. The van der Waals surface area contributed by atoms with Crippen LogP contribution in [0.5, 0.6) is 0 Å². The number of hydrogen-bond acceptors (Lipinski definition) is 2. The van der Waals surface area contributed by atoms with Crippen LogP contribution >= 0.6 is 0 Å². The molecule has 0 unspecified atom stereocenters. The summed E-state index contributed by atoms with van der Waals surface area (Å²) in [6, 6.07) is 16.4. The van der Waals surface area contributed by atoms with Crippen LogP contribution in [0.3, 0.4) is 0 Å². The second-order valence-electron chi connectivity index (χ2n) is 4.53. The number of rotatable bonds is 0. The molecular formula is C16H10N2O. The average molecular weight is 246 g/mol. The highest BCUT2D eigenvalue weighted by Gasteiger charge is 2.33. The molecule has 4 rings (SSSR count). The van der Waals surface area contributed by atoms with Gasteiger partial charge in [0.2, 0.25) is 0 Å². The molecular weight excluding hydrogens is 236 g/mol. The third kappa shape index (κ3) is 1.26. The zero-order valence-corrected chi connectivity index (χ0v) is 10.1. The summed E-state index contributed by atoms with van der Waals surface area (Å²) in [5.41, 5.74) is 5.43. The molecule has 0 atom stereocenters. The van der Waals surface area contributed by atoms with E-state index in [-0.39, 0.29) is 0 Å². The van der Waals surface area contributed by atoms with Crippen molar-refractivity contribution < 1.29 is 4.74 Å². The second kappa shape index (κ2) is 3.63. The van der Waals surface area contributed by atoms with Gasteiger partial charge in [-0.15, -0.1) is 0 Å². The van der Waals surface area contributed by atoms with Crippen molar-refractivity contribution in [2.45, 2.75) is 0 Å². The van der Waals surface area contributed by atoms with E-state index in [1.54, 1.807) is 0 Å². The molecule has 0 aromatic heterocycles. The third-order valence-electron chi connectivity index (χ3n) is 3.57. The van der Waals surface area contributed by atoms with E-state index >= 15 is 0 Å². The Balaban J connectivity index is 2.11. The zero-order valence-electron chi connectivity index (χ0n) is 10.1. The van der Waals surface area contributed by atoms with Crippen LogP contribution in [-0.2, 0) is 4.74 Å². The summed E-state index contributed by atoms with van der Waals surface area (Å²) in [5, 5.41) is 0. The van der Waals surface area contributed by atoms with Crippen LogP contribution in [0.25, 0.3) is 21.7 Å². The fourth-order valence-corrected chi connectivity index (χ4v) is 2.77. The van der Waals surface area contributed by atoms with E-state index in [1.165, 1.54) is 5.56 Å². The first-order valence-electron chi connectivity index (χ1n) is 6.11. The number of fused-ring (bicyclic) bond motifs is 6. The van der Waals surface area contributed by atoms with E-state index in [9.17, 15) is 0 Å². The lowest BCUT2D eigenvalue weighted by Crippen LogP contribution is -2.22. The Kier molecular flexibility index (Phi) is 1.95. The highest BCUT2D eigenvalue weighted by Crippen LogP contribution is 2.47. The van der Waals surface area contributed by atoms with Crippen molar-refractivity contribution in [2.75, 3.05) is 11.6 Å². The van der Waals surface area contributed by atoms with E-state index in [0.29, 0.717) is 12.6 Å². The fraction of sp³-hybridized carbons (Fsp3) is 0.0625. The molecule has 0 fully saturated rings. The minimum atomic E-state index is 0.391. The largest absolute Gasteiger partial charge is 0.498 e. The summed E-state index contributed by atoms with van der Waals surface area (Å²) >= 11 is 0. The Bertz CT molecular complexity index is 755. The minimum Gasteiger partial charge on any atom is -0.498 e.